The van der Waals surface area contributed by atoms with Crippen molar-refractivity contribution >= 4 is 0 Å². The molecular weight excluding hydrogens is 230 g/mol. The molecule has 0 aromatic carbocycles. The maximum absolute atomic E-state index is 3.96. The molecule has 1 heteroatoms. The first-order valence-electron chi connectivity index (χ1n) is 7.09. The first-order valence-corrected chi connectivity index (χ1v) is 7.09. The van der Waals surface area contributed by atoms with Gasteiger partial charge in [-0.3, -0.25) is 0 Å². The summed E-state index contributed by atoms with van der Waals surface area (Å²) in [7, 11) is 0. The minimum Gasteiger partial charge on any atom is -0.349 e. The monoisotopic (exact) mass is 259 g/mol. The Balaban J connectivity index is 5.12. The summed E-state index contributed by atoms with van der Waals surface area (Å²) in [5.74, 6) is 0. The molecular formula is C18H29N. The zero-order valence-electron chi connectivity index (χ0n) is 13.1. The molecule has 0 aliphatic rings. The average Bonchev–Trinajstić information content (AvgIpc) is 2.43. The van der Waals surface area contributed by atoms with Crippen LogP contribution in [0.25, 0.3) is 0 Å². The Morgan fingerprint density at radius 3 is 2.21 bits per heavy atom. The zero-order valence-corrected chi connectivity index (χ0v) is 13.1. The molecule has 19 heavy (non-hydrogen) atoms. The van der Waals surface area contributed by atoms with Crippen LogP contribution in [0.1, 0.15) is 47.0 Å². The van der Waals surface area contributed by atoms with Crippen LogP contribution in [-0.4, -0.2) is 10.9 Å². The van der Waals surface area contributed by atoms with Crippen LogP contribution in [0.3, 0.4) is 0 Å². The van der Waals surface area contributed by atoms with Crippen LogP contribution >= 0.6 is 0 Å². The third-order valence-corrected chi connectivity index (χ3v) is 3.45. The molecule has 0 rings (SSSR count). The summed E-state index contributed by atoms with van der Waals surface area (Å²) in [6, 6.07) is 0.536. The van der Waals surface area contributed by atoms with Crippen molar-refractivity contribution in [1.29, 1.82) is 0 Å². The highest BCUT2D eigenvalue weighted by Gasteiger charge is 2.14. The summed E-state index contributed by atoms with van der Waals surface area (Å²) in [4.78, 5) is 2.29. The van der Waals surface area contributed by atoms with Gasteiger partial charge in [-0.1, -0.05) is 58.2 Å². The highest BCUT2D eigenvalue weighted by molar-refractivity contribution is 5.33. The molecule has 0 spiro atoms. The molecule has 0 saturated carbocycles. The molecule has 0 heterocycles. The molecule has 0 amide bonds. The molecule has 0 fully saturated rings. The fraction of sp³-hybridized carbons (Fsp3) is 0.444. The Hall–Kier alpha value is -1.50. The van der Waals surface area contributed by atoms with E-state index < -0.39 is 0 Å². The third kappa shape index (κ3) is 5.78. The van der Waals surface area contributed by atoms with E-state index in [1.165, 1.54) is 24.1 Å². The second-order valence-electron chi connectivity index (χ2n) is 4.82. The molecule has 1 unspecified atom stereocenters. The SMILES string of the molecule is C=CC(=C)/C=C\C(C)=C(/C)N(C=C)C(CC)CCC. The van der Waals surface area contributed by atoms with Crippen molar-refractivity contribution in [2.24, 2.45) is 0 Å². The molecule has 0 radical (unpaired) electrons. The number of allylic oxidation sites excluding steroid dienone is 6. The Morgan fingerprint density at radius 1 is 1.16 bits per heavy atom. The fourth-order valence-electron chi connectivity index (χ4n) is 2.06. The first-order chi connectivity index (χ1) is 9.01. The Kier molecular flexibility index (Phi) is 8.69. The summed E-state index contributed by atoms with van der Waals surface area (Å²) in [5, 5.41) is 0. The highest BCUT2D eigenvalue weighted by Crippen LogP contribution is 2.20. The van der Waals surface area contributed by atoms with Crippen LogP contribution < -0.4 is 0 Å². The van der Waals surface area contributed by atoms with E-state index in [0.717, 1.165) is 12.0 Å². The van der Waals surface area contributed by atoms with Crippen molar-refractivity contribution in [3.8, 4) is 0 Å². The van der Waals surface area contributed by atoms with E-state index in [1.807, 2.05) is 12.3 Å². The van der Waals surface area contributed by atoms with E-state index in [4.69, 9.17) is 0 Å². The summed E-state index contributed by atoms with van der Waals surface area (Å²) >= 11 is 0. The zero-order chi connectivity index (χ0) is 14.8. The van der Waals surface area contributed by atoms with Crippen molar-refractivity contribution in [3.63, 3.8) is 0 Å². The Morgan fingerprint density at radius 2 is 1.79 bits per heavy atom. The first kappa shape index (κ1) is 17.5. The van der Waals surface area contributed by atoms with Crippen molar-refractivity contribution in [2.45, 2.75) is 53.0 Å². The molecule has 0 aliphatic heterocycles. The minimum atomic E-state index is 0.536. The van der Waals surface area contributed by atoms with E-state index in [2.05, 4.69) is 58.4 Å². The minimum absolute atomic E-state index is 0.536. The predicted octanol–water partition coefficient (Wildman–Crippen LogP) is 5.60. The van der Waals surface area contributed by atoms with Gasteiger partial charge < -0.3 is 4.90 Å². The molecule has 1 atom stereocenters. The highest BCUT2D eigenvalue weighted by atomic mass is 15.1. The van der Waals surface area contributed by atoms with Gasteiger partial charge in [0, 0.05) is 11.7 Å². The normalized spacial score (nSPS) is 13.9. The summed E-state index contributed by atoms with van der Waals surface area (Å²) in [6.45, 7) is 20.3. The third-order valence-electron chi connectivity index (χ3n) is 3.45. The largest absolute Gasteiger partial charge is 0.349 e. The van der Waals surface area contributed by atoms with Gasteiger partial charge in [0.1, 0.15) is 0 Å². The van der Waals surface area contributed by atoms with E-state index in [-0.39, 0.29) is 0 Å². The van der Waals surface area contributed by atoms with E-state index in [1.54, 1.807) is 6.08 Å². The summed E-state index contributed by atoms with van der Waals surface area (Å²) < 4.78 is 0. The number of nitrogens with zero attached hydrogens (tertiary/aromatic N) is 1. The predicted molar refractivity (Wildman–Crippen MR) is 87.9 cm³/mol. The standard InChI is InChI=1S/C18H29N/c1-8-12-18(10-3)19(11-4)17(7)16(6)14-13-15(5)9-2/h9,11,13-14,18H,2,4-5,8,10,12H2,1,3,6-7H3/b14-13-,17-16+. The number of rotatable bonds is 9. The van der Waals surface area contributed by atoms with E-state index >= 15 is 0 Å². The fourth-order valence-corrected chi connectivity index (χ4v) is 2.06. The van der Waals surface area contributed by atoms with Crippen LogP contribution in [0.15, 0.2) is 61.0 Å². The van der Waals surface area contributed by atoms with Gasteiger partial charge in [0.25, 0.3) is 0 Å². The van der Waals surface area contributed by atoms with Crippen molar-refractivity contribution in [3.05, 3.63) is 61.0 Å². The summed E-state index contributed by atoms with van der Waals surface area (Å²) in [6.07, 6.45) is 11.3. The second-order valence-corrected chi connectivity index (χ2v) is 4.82. The van der Waals surface area contributed by atoms with Gasteiger partial charge in [0.2, 0.25) is 0 Å². The topological polar surface area (TPSA) is 3.24 Å². The Bertz CT molecular complexity index is 371. The molecule has 0 aromatic rings. The second kappa shape index (κ2) is 9.43. The molecule has 0 aromatic heterocycles. The maximum Gasteiger partial charge on any atom is 0.0330 e. The lowest BCUT2D eigenvalue weighted by Gasteiger charge is -2.31. The van der Waals surface area contributed by atoms with Gasteiger partial charge >= 0.3 is 0 Å². The van der Waals surface area contributed by atoms with Crippen molar-refractivity contribution in [1.82, 2.24) is 4.90 Å². The average molecular weight is 259 g/mol. The van der Waals surface area contributed by atoms with E-state index in [9.17, 15) is 0 Å². The number of hydrogen-bond acceptors (Lipinski definition) is 1. The quantitative estimate of drug-likeness (QED) is 0.487. The van der Waals surface area contributed by atoms with Gasteiger partial charge in [-0.15, -0.1) is 0 Å². The lowest BCUT2D eigenvalue weighted by molar-refractivity contribution is 0.308. The summed E-state index contributed by atoms with van der Waals surface area (Å²) in [5.41, 5.74) is 3.42. The lowest BCUT2D eigenvalue weighted by atomic mass is 10.1. The van der Waals surface area contributed by atoms with Crippen LogP contribution in [0.5, 0.6) is 0 Å². The molecule has 0 bridgehead atoms. The van der Waals surface area contributed by atoms with Crippen LogP contribution in [0, 0.1) is 0 Å². The Labute approximate surface area is 119 Å². The van der Waals surface area contributed by atoms with Gasteiger partial charge in [0.05, 0.1) is 0 Å². The van der Waals surface area contributed by atoms with Crippen molar-refractivity contribution < 1.29 is 0 Å². The van der Waals surface area contributed by atoms with Gasteiger partial charge in [0.15, 0.2) is 0 Å². The van der Waals surface area contributed by atoms with Gasteiger partial charge in [-0.25, -0.2) is 0 Å². The molecule has 1 nitrogen and oxygen atoms in total. The smallest absolute Gasteiger partial charge is 0.0330 e. The van der Waals surface area contributed by atoms with Crippen molar-refractivity contribution in [2.75, 3.05) is 0 Å². The van der Waals surface area contributed by atoms with Crippen LogP contribution in [-0.2, 0) is 0 Å². The molecule has 0 aliphatic carbocycles. The molecule has 106 valence electrons. The lowest BCUT2D eigenvalue weighted by Crippen LogP contribution is -2.28. The molecule has 0 N–H and O–H groups in total. The number of hydrogen-bond donors (Lipinski definition) is 0. The van der Waals surface area contributed by atoms with E-state index in [0.29, 0.717) is 6.04 Å². The molecule has 0 saturated heterocycles. The van der Waals surface area contributed by atoms with Crippen LogP contribution in [0.2, 0.25) is 0 Å². The van der Waals surface area contributed by atoms with Crippen LogP contribution in [0.4, 0.5) is 0 Å². The van der Waals surface area contributed by atoms with Gasteiger partial charge in [-0.05, 0) is 44.0 Å². The van der Waals surface area contributed by atoms with Gasteiger partial charge in [-0.2, -0.15) is 0 Å². The maximum atomic E-state index is 3.96.